The molecule has 134 valence electrons. The summed E-state index contributed by atoms with van der Waals surface area (Å²) in [5.74, 6) is 4.84. The Balaban J connectivity index is 1.27. The second kappa shape index (κ2) is 6.26. The summed E-state index contributed by atoms with van der Waals surface area (Å²) < 4.78 is 5.15. The Hall–Kier alpha value is -2.09. The minimum absolute atomic E-state index is 0.0282. The van der Waals surface area contributed by atoms with E-state index < -0.39 is 0 Å². The van der Waals surface area contributed by atoms with Crippen LogP contribution in [0.25, 0.3) is 6.08 Å². The molecule has 0 aromatic heterocycles. The van der Waals surface area contributed by atoms with E-state index in [0.29, 0.717) is 23.7 Å². The highest BCUT2D eigenvalue weighted by molar-refractivity contribution is 5.74. The molecule has 1 aromatic carbocycles. The van der Waals surface area contributed by atoms with Gasteiger partial charge in [0.05, 0.1) is 13.0 Å². The van der Waals surface area contributed by atoms with Gasteiger partial charge in [-0.25, -0.2) is 0 Å². The fraction of sp³-hybridized carbons (Fsp3) is 0.458. The van der Waals surface area contributed by atoms with Gasteiger partial charge < -0.3 is 4.74 Å². The van der Waals surface area contributed by atoms with Crippen molar-refractivity contribution in [3.05, 3.63) is 66.3 Å². The predicted octanol–water partition coefficient (Wildman–Crippen LogP) is 4.75. The molecule has 3 fully saturated rings. The Labute approximate surface area is 155 Å². The number of rotatable bonds is 5. The monoisotopic (exact) mass is 346 g/mol. The minimum Gasteiger partial charge on any atom is -0.469 e. The highest BCUT2D eigenvalue weighted by Crippen LogP contribution is 2.72. The molecule has 8 atom stereocenters. The third-order valence-corrected chi connectivity index (χ3v) is 7.56. The average Bonchev–Trinajstić information content (AvgIpc) is 2.89. The summed E-state index contributed by atoms with van der Waals surface area (Å²) in [6.07, 6.45) is 15.9. The zero-order valence-electron chi connectivity index (χ0n) is 15.2. The molecule has 1 aromatic rings. The molecule has 6 rings (SSSR count). The predicted molar refractivity (Wildman–Crippen MR) is 103 cm³/mol. The molecule has 2 nitrogen and oxygen atoms in total. The fourth-order valence-corrected chi connectivity index (χ4v) is 6.70. The quantitative estimate of drug-likeness (QED) is 0.437. The highest BCUT2D eigenvalue weighted by Gasteiger charge is 2.69. The maximum Gasteiger partial charge on any atom is 0.309 e. The van der Waals surface area contributed by atoms with Gasteiger partial charge in [-0.05, 0) is 59.8 Å². The molecule has 26 heavy (non-hydrogen) atoms. The van der Waals surface area contributed by atoms with Gasteiger partial charge in [0.15, 0.2) is 0 Å². The van der Waals surface area contributed by atoms with Crippen LogP contribution in [0.1, 0.15) is 18.4 Å². The topological polar surface area (TPSA) is 26.3 Å². The summed E-state index contributed by atoms with van der Waals surface area (Å²) in [7, 11) is 1.55. The molecule has 0 unspecified atom stereocenters. The Morgan fingerprint density at radius 3 is 2.69 bits per heavy atom. The maximum absolute atomic E-state index is 12.4. The third-order valence-electron chi connectivity index (χ3n) is 7.56. The summed E-state index contributed by atoms with van der Waals surface area (Å²) in [5, 5.41) is 0. The van der Waals surface area contributed by atoms with Crippen LogP contribution in [0.5, 0.6) is 0 Å². The van der Waals surface area contributed by atoms with Gasteiger partial charge in [-0.15, -0.1) is 0 Å². The summed E-state index contributed by atoms with van der Waals surface area (Å²) in [6.45, 7) is 0. The van der Waals surface area contributed by atoms with Gasteiger partial charge in [-0.2, -0.15) is 0 Å². The van der Waals surface area contributed by atoms with Crippen LogP contribution in [0.2, 0.25) is 0 Å². The van der Waals surface area contributed by atoms with E-state index >= 15 is 0 Å². The van der Waals surface area contributed by atoms with Crippen molar-refractivity contribution < 1.29 is 9.53 Å². The number of benzene rings is 1. The van der Waals surface area contributed by atoms with Crippen LogP contribution in [-0.2, 0) is 9.53 Å². The van der Waals surface area contributed by atoms with E-state index in [9.17, 15) is 4.79 Å². The van der Waals surface area contributed by atoms with E-state index in [4.69, 9.17) is 4.74 Å². The molecule has 0 saturated heterocycles. The Kier molecular flexibility index (Phi) is 3.88. The van der Waals surface area contributed by atoms with Crippen molar-refractivity contribution in [1.29, 1.82) is 0 Å². The molecule has 0 amide bonds. The Bertz CT molecular complexity index is 775. The van der Waals surface area contributed by atoms with Crippen LogP contribution in [-0.4, -0.2) is 13.1 Å². The Morgan fingerprint density at radius 1 is 1.08 bits per heavy atom. The number of esters is 1. The van der Waals surface area contributed by atoms with Crippen LogP contribution >= 0.6 is 0 Å². The summed E-state index contributed by atoms with van der Waals surface area (Å²) >= 11 is 0. The lowest BCUT2D eigenvalue weighted by Gasteiger charge is -2.59. The number of ether oxygens (including phenoxy) is 1. The first-order chi connectivity index (χ1) is 12.8. The number of allylic oxidation sites excluding steroid dienone is 5. The van der Waals surface area contributed by atoms with Crippen LogP contribution < -0.4 is 0 Å². The number of hydrogen-bond acceptors (Lipinski definition) is 2. The van der Waals surface area contributed by atoms with E-state index in [2.05, 4.69) is 60.7 Å². The lowest BCUT2D eigenvalue weighted by Crippen LogP contribution is -2.56. The standard InChI is InChI=1S/C24H26O2/c1-26-24(25)23-18-13-12-17-20(23)14-19-16(21(18)22(17)19)11-7-3-6-10-15-8-4-2-5-9-15/h2-10,12-13,16-23H,11,14H2,1H3/b7-3+,10-6+/t16-,17-,18-,19-,20-,21-,22-,23-/m0/s1. The van der Waals surface area contributed by atoms with Crippen LogP contribution in [0.3, 0.4) is 0 Å². The van der Waals surface area contributed by atoms with Gasteiger partial charge in [0.25, 0.3) is 0 Å². The molecule has 0 radical (unpaired) electrons. The van der Waals surface area contributed by atoms with Crippen LogP contribution in [0, 0.1) is 47.3 Å². The fourth-order valence-electron chi connectivity index (χ4n) is 6.70. The van der Waals surface area contributed by atoms with Crippen molar-refractivity contribution in [3.8, 4) is 0 Å². The lowest BCUT2D eigenvalue weighted by molar-refractivity contribution is -0.158. The van der Waals surface area contributed by atoms with Gasteiger partial charge >= 0.3 is 5.97 Å². The highest BCUT2D eigenvalue weighted by atomic mass is 16.5. The second-order valence-electron chi connectivity index (χ2n) is 8.40. The van der Waals surface area contributed by atoms with Gasteiger partial charge in [0.1, 0.15) is 0 Å². The molecule has 0 N–H and O–H groups in total. The maximum atomic E-state index is 12.4. The van der Waals surface area contributed by atoms with E-state index in [1.54, 1.807) is 7.11 Å². The molecule has 2 heteroatoms. The van der Waals surface area contributed by atoms with Crippen LogP contribution in [0.4, 0.5) is 0 Å². The molecular weight excluding hydrogens is 320 g/mol. The summed E-state index contributed by atoms with van der Waals surface area (Å²) in [5.41, 5.74) is 1.23. The van der Waals surface area contributed by atoms with Gasteiger partial charge in [0.2, 0.25) is 0 Å². The zero-order valence-corrected chi connectivity index (χ0v) is 15.2. The zero-order chi connectivity index (χ0) is 17.7. The Morgan fingerprint density at radius 2 is 1.88 bits per heavy atom. The van der Waals surface area contributed by atoms with Gasteiger partial charge in [-0.3, -0.25) is 4.79 Å². The lowest BCUT2D eigenvalue weighted by atomic mass is 9.45. The first kappa shape index (κ1) is 16.1. The first-order valence-electron chi connectivity index (χ1n) is 9.94. The SMILES string of the molecule is COC(=O)[C@H]1[C@H]2C=C[C@H]3[C@@H]1C[C@H]1[C@H](C/C=C/C=C/c4ccccc4)[C@@H]2[C@@H]31. The van der Waals surface area contributed by atoms with E-state index in [-0.39, 0.29) is 11.9 Å². The number of carbonyl (C=O) groups is 1. The molecule has 5 aliphatic rings. The molecule has 4 bridgehead atoms. The average molecular weight is 346 g/mol. The first-order valence-corrected chi connectivity index (χ1v) is 9.94. The molecular formula is C24H26O2. The molecule has 0 heterocycles. The minimum atomic E-state index is 0.0282. The van der Waals surface area contributed by atoms with Crippen molar-refractivity contribution in [2.24, 2.45) is 47.3 Å². The summed E-state index contributed by atoms with van der Waals surface area (Å²) in [6, 6.07) is 10.4. The van der Waals surface area contributed by atoms with Crippen molar-refractivity contribution in [2.45, 2.75) is 12.8 Å². The number of hydrogen-bond donors (Lipinski definition) is 0. The summed E-state index contributed by atoms with van der Waals surface area (Å²) in [4.78, 5) is 12.4. The van der Waals surface area contributed by atoms with Crippen molar-refractivity contribution in [1.82, 2.24) is 0 Å². The second-order valence-corrected chi connectivity index (χ2v) is 8.40. The van der Waals surface area contributed by atoms with Crippen molar-refractivity contribution >= 4 is 12.0 Å². The normalized spacial score (nSPS) is 41.7. The molecule has 5 aliphatic carbocycles. The molecule has 0 aliphatic heterocycles. The van der Waals surface area contributed by atoms with Crippen molar-refractivity contribution in [3.63, 3.8) is 0 Å². The largest absolute Gasteiger partial charge is 0.469 e. The van der Waals surface area contributed by atoms with Gasteiger partial charge in [-0.1, -0.05) is 66.8 Å². The molecule has 3 saturated carbocycles. The number of carbonyl (C=O) groups excluding carboxylic acids is 1. The number of methoxy groups -OCH3 is 1. The third kappa shape index (κ3) is 2.27. The molecule has 0 spiro atoms. The van der Waals surface area contributed by atoms with E-state index in [0.717, 1.165) is 24.2 Å². The van der Waals surface area contributed by atoms with E-state index in [1.807, 2.05) is 6.07 Å². The van der Waals surface area contributed by atoms with Gasteiger partial charge in [0, 0.05) is 0 Å². The van der Waals surface area contributed by atoms with Crippen molar-refractivity contribution in [2.75, 3.05) is 7.11 Å². The smallest absolute Gasteiger partial charge is 0.309 e. The van der Waals surface area contributed by atoms with Crippen LogP contribution in [0.15, 0.2) is 60.7 Å². The van der Waals surface area contributed by atoms with E-state index in [1.165, 1.54) is 12.0 Å².